The fraction of sp³-hybridized carbons (Fsp3) is 0.100. The molecule has 0 spiro atoms. The summed E-state index contributed by atoms with van der Waals surface area (Å²) < 4.78 is 15.5. The molecule has 7 heteroatoms. The van der Waals surface area contributed by atoms with Gasteiger partial charge >= 0.3 is 5.97 Å². The average Bonchev–Trinajstić information content (AvgIpc) is 3.32. The second kappa shape index (κ2) is 9.11. The van der Waals surface area contributed by atoms with Crippen molar-refractivity contribution in [2.24, 2.45) is 0 Å². The Labute approximate surface area is 212 Å². The highest BCUT2D eigenvalue weighted by Crippen LogP contribution is 2.35. The minimum atomic E-state index is -0.964. The number of hydrogen-bond donors (Lipinski definition) is 1. The Kier molecular flexibility index (Phi) is 5.62. The van der Waals surface area contributed by atoms with Gasteiger partial charge in [-0.05, 0) is 61.2 Å². The molecule has 37 heavy (non-hydrogen) atoms. The lowest BCUT2D eigenvalue weighted by Crippen LogP contribution is -2.28. The van der Waals surface area contributed by atoms with E-state index < -0.39 is 5.97 Å². The average molecular weight is 491 g/mol. The Bertz CT molecular complexity index is 1670. The molecule has 5 aromatic rings. The van der Waals surface area contributed by atoms with Gasteiger partial charge in [0.1, 0.15) is 5.82 Å². The van der Waals surface area contributed by atoms with Gasteiger partial charge < -0.3 is 5.11 Å². The van der Waals surface area contributed by atoms with Crippen LogP contribution in [0.15, 0.2) is 85.1 Å². The second-order valence-electron chi connectivity index (χ2n) is 9.20. The molecule has 3 aromatic carbocycles. The van der Waals surface area contributed by atoms with Crippen molar-refractivity contribution in [2.75, 3.05) is 13.6 Å². The van der Waals surface area contributed by atoms with Crippen LogP contribution >= 0.6 is 0 Å². The molecule has 1 aliphatic heterocycles. The quantitative estimate of drug-likeness (QED) is 0.339. The number of halogens is 1. The largest absolute Gasteiger partial charge is 0.478 e. The molecule has 0 radical (unpaired) electrons. The number of benzene rings is 3. The molecule has 0 atom stereocenters. The first-order valence-electron chi connectivity index (χ1n) is 11.9. The van der Waals surface area contributed by atoms with Crippen molar-refractivity contribution in [1.82, 2.24) is 19.7 Å². The fourth-order valence-corrected chi connectivity index (χ4v) is 4.95. The molecule has 3 heterocycles. The third-order valence-corrected chi connectivity index (χ3v) is 6.59. The smallest absolute Gasteiger partial charge is 0.336 e. The summed E-state index contributed by atoms with van der Waals surface area (Å²) in [6, 6.07) is 23.4. The molecule has 2 aromatic heterocycles. The Morgan fingerprint density at radius 1 is 0.946 bits per heavy atom. The summed E-state index contributed by atoms with van der Waals surface area (Å²) in [7, 11) is 1.96. The summed E-state index contributed by atoms with van der Waals surface area (Å²) in [4.78, 5) is 19.4. The van der Waals surface area contributed by atoms with Crippen LogP contribution in [0.4, 0.5) is 4.39 Å². The van der Waals surface area contributed by atoms with Crippen molar-refractivity contribution in [3.05, 3.63) is 113 Å². The zero-order valence-electron chi connectivity index (χ0n) is 20.1. The molecule has 0 fully saturated rings. The van der Waals surface area contributed by atoms with Gasteiger partial charge in [0.25, 0.3) is 0 Å². The first kappa shape index (κ1) is 22.8. The molecule has 0 unspecified atom stereocenters. The van der Waals surface area contributed by atoms with E-state index in [1.54, 1.807) is 22.9 Å². The number of fused-ring (bicyclic) bond motifs is 2. The van der Waals surface area contributed by atoms with Gasteiger partial charge in [0.2, 0.25) is 0 Å². The minimum absolute atomic E-state index is 0.289. The van der Waals surface area contributed by atoms with Crippen LogP contribution < -0.4 is 0 Å². The number of nitrogens with zero attached hydrogens (tertiary/aromatic N) is 4. The lowest BCUT2D eigenvalue weighted by Gasteiger charge is -2.28. The van der Waals surface area contributed by atoms with Gasteiger partial charge in [0.05, 0.1) is 28.2 Å². The molecule has 6 nitrogen and oxygen atoms in total. The van der Waals surface area contributed by atoms with Gasteiger partial charge in [-0.25, -0.2) is 18.9 Å². The predicted molar refractivity (Wildman–Crippen MR) is 142 cm³/mol. The maximum atomic E-state index is 13.7. The van der Waals surface area contributed by atoms with Gasteiger partial charge in [-0.1, -0.05) is 36.4 Å². The zero-order chi connectivity index (χ0) is 25.5. The lowest BCUT2D eigenvalue weighted by molar-refractivity contribution is 0.0696. The Morgan fingerprint density at radius 3 is 2.43 bits per heavy atom. The van der Waals surface area contributed by atoms with Gasteiger partial charge in [-0.3, -0.25) is 4.90 Å². The normalized spacial score (nSPS) is 14.7. The van der Waals surface area contributed by atoms with E-state index in [2.05, 4.69) is 4.90 Å². The van der Waals surface area contributed by atoms with Crippen LogP contribution in [0.1, 0.15) is 27.2 Å². The number of carboxylic acids is 1. The van der Waals surface area contributed by atoms with E-state index in [0.717, 1.165) is 22.4 Å². The van der Waals surface area contributed by atoms with E-state index in [4.69, 9.17) is 10.1 Å². The van der Waals surface area contributed by atoms with Crippen molar-refractivity contribution >= 4 is 28.5 Å². The van der Waals surface area contributed by atoms with E-state index in [9.17, 15) is 14.3 Å². The van der Waals surface area contributed by atoms with Gasteiger partial charge in [-0.2, -0.15) is 5.10 Å². The number of hydrogen-bond acceptors (Lipinski definition) is 4. The maximum absolute atomic E-state index is 13.7. The van der Waals surface area contributed by atoms with Crippen LogP contribution in [-0.2, 0) is 6.54 Å². The van der Waals surface area contributed by atoms with Gasteiger partial charge in [-0.15, -0.1) is 0 Å². The summed E-state index contributed by atoms with van der Waals surface area (Å²) in [6.45, 7) is 1.08. The molecular weight excluding hydrogens is 467 g/mol. The van der Waals surface area contributed by atoms with Crippen LogP contribution in [0.2, 0.25) is 0 Å². The van der Waals surface area contributed by atoms with Crippen LogP contribution in [0.25, 0.3) is 39.5 Å². The monoisotopic (exact) mass is 490 g/mol. The highest BCUT2D eigenvalue weighted by atomic mass is 19.1. The number of aromatic nitrogens is 3. The summed E-state index contributed by atoms with van der Waals surface area (Å²) in [5.74, 6) is -1.28. The first-order valence-corrected chi connectivity index (χ1v) is 11.9. The number of aromatic carboxylic acids is 1. The summed E-state index contributed by atoms with van der Waals surface area (Å²) in [5.41, 5.74) is 6.43. The molecule has 0 bridgehead atoms. The maximum Gasteiger partial charge on any atom is 0.336 e. The molecule has 0 amide bonds. The highest BCUT2D eigenvalue weighted by Gasteiger charge is 2.27. The van der Waals surface area contributed by atoms with E-state index in [0.29, 0.717) is 40.9 Å². The van der Waals surface area contributed by atoms with Crippen LogP contribution in [-0.4, -0.2) is 44.3 Å². The van der Waals surface area contributed by atoms with E-state index in [1.807, 2.05) is 67.9 Å². The van der Waals surface area contributed by atoms with Crippen molar-refractivity contribution in [2.45, 2.75) is 6.54 Å². The number of rotatable bonds is 4. The fourth-order valence-electron chi connectivity index (χ4n) is 4.95. The summed E-state index contributed by atoms with van der Waals surface area (Å²) in [5, 5.41) is 15.6. The standard InChI is InChI=1S/C30H23FN4O2/c1-34-16-20(29-25(18-34)27(30(36)37)24-9-5-6-10-26(24)32-29)15-21-17-35(23-7-3-2-4-8-23)33-28(21)19-11-13-22(31)14-12-19/h2-15,17H,16,18H2,1H3,(H,36,37). The van der Waals surface area contributed by atoms with Crippen LogP contribution in [0.3, 0.4) is 0 Å². The van der Waals surface area contributed by atoms with E-state index in [-0.39, 0.29) is 11.4 Å². The molecule has 0 saturated carbocycles. The molecule has 0 saturated heterocycles. The molecule has 1 aliphatic rings. The Morgan fingerprint density at radius 2 is 1.68 bits per heavy atom. The van der Waals surface area contributed by atoms with Crippen molar-refractivity contribution < 1.29 is 14.3 Å². The van der Waals surface area contributed by atoms with Crippen molar-refractivity contribution in [1.29, 1.82) is 0 Å². The third kappa shape index (κ3) is 4.19. The van der Waals surface area contributed by atoms with Gasteiger partial charge in [0, 0.05) is 41.4 Å². The van der Waals surface area contributed by atoms with Gasteiger partial charge in [0.15, 0.2) is 0 Å². The number of likely N-dealkylation sites (N-methyl/N-ethyl adjacent to an activating group) is 1. The number of carboxylic acid groups (broad SMARTS) is 1. The summed E-state index contributed by atoms with van der Waals surface area (Å²) in [6.07, 6.45) is 3.96. The predicted octanol–water partition coefficient (Wildman–Crippen LogP) is 5.91. The van der Waals surface area contributed by atoms with Crippen molar-refractivity contribution in [3.8, 4) is 16.9 Å². The topological polar surface area (TPSA) is 71.2 Å². The minimum Gasteiger partial charge on any atom is -0.478 e. The lowest BCUT2D eigenvalue weighted by atomic mass is 9.92. The van der Waals surface area contributed by atoms with Crippen LogP contribution in [0, 0.1) is 5.82 Å². The second-order valence-corrected chi connectivity index (χ2v) is 9.20. The molecule has 182 valence electrons. The van der Waals surface area contributed by atoms with Crippen molar-refractivity contribution in [3.63, 3.8) is 0 Å². The first-order chi connectivity index (χ1) is 18.0. The number of pyridine rings is 1. The number of para-hydroxylation sites is 2. The third-order valence-electron chi connectivity index (χ3n) is 6.59. The molecule has 6 rings (SSSR count). The van der Waals surface area contributed by atoms with Crippen LogP contribution in [0.5, 0.6) is 0 Å². The summed E-state index contributed by atoms with van der Waals surface area (Å²) >= 11 is 0. The van der Waals surface area contributed by atoms with E-state index >= 15 is 0 Å². The highest BCUT2D eigenvalue weighted by molar-refractivity contribution is 6.06. The molecule has 1 N–H and O–H groups in total. The zero-order valence-corrected chi connectivity index (χ0v) is 20.1. The van der Waals surface area contributed by atoms with E-state index in [1.165, 1.54) is 12.1 Å². The molecular formula is C30H23FN4O2. The number of carbonyl (C=O) groups is 1. The molecule has 0 aliphatic carbocycles. The Hall–Kier alpha value is -4.62. The SMILES string of the molecule is CN1CC(=Cc2cn(-c3ccccc3)nc2-c2ccc(F)cc2)c2nc3ccccc3c(C(=O)O)c2C1. The Balaban J connectivity index is 1.58.